The molecule has 23 heavy (non-hydrogen) atoms. The van der Waals surface area contributed by atoms with E-state index in [9.17, 15) is 0 Å². The molecule has 2 aromatic carbocycles. The molecule has 0 N–H and O–H groups in total. The van der Waals surface area contributed by atoms with Gasteiger partial charge in [0.05, 0.1) is 13.2 Å². The average molecular weight is 310 g/mol. The zero-order valence-corrected chi connectivity index (χ0v) is 14.1. The van der Waals surface area contributed by atoms with Gasteiger partial charge >= 0.3 is 0 Å². The zero-order chi connectivity index (χ0) is 16.1. The lowest BCUT2D eigenvalue weighted by Gasteiger charge is -2.22. The third-order valence-electron chi connectivity index (χ3n) is 4.74. The molecule has 2 aromatic rings. The second-order valence-corrected chi connectivity index (χ2v) is 6.46. The van der Waals surface area contributed by atoms with Crippen molar-refractivity contribution in [3.05, 3.63) is 71.3 Å². The summed E-state index contributed by atoms with van der Waals surface area (Å²) in [6.07, 6.45) is 2.17. The summed E-state index contributed by atoms with van der Waals surface area (Å²) in [5, 5.41) is 0. The van der Waals surface area contributed by atoms with E-state index in [4.69, 9.17) is 9.47 Å². The SMILES string of the molecule is CCC(C)CC(c1ccccc1)c1cccc(C2OCCO2)c1. The molecule has 0 radical (unpaired) electrons. The Morgan fingerprint density at radius 2 is 1.65 bits per heavy atom. The van der Waals surface area contributed by atoms with Gasteiger partial charge < -0.3 is 9.47 Å². The number of hydrogen-bond donors (Lipinski definition) is 0. The highest BCUT2D eigenvalue weighted by Gasteiger charge is 2.21. The summed E-state index contributed by atoms with van der Waals surface area (Å²) in [6, 6.07) is 19.5. The minimum atomic E-state index is -0.199. The number of rotatable bonds is 6. The van der Waals surface area contributed by atoms with Gasteiger partial charge in [-0.15, -0.1) is 0 Å². The Bertz CT molecular complexity index is 602. The largest absolute Gasteiger partial charge is 0.346 e. The third-order valence-corrected chi connectivity index (χ3v) is 4.74. The molecule has 3 rings (SSSR count). The molecule has 2 heteroatoms. The van der Waals surface area contributed by atoms with E-state index in [0.29, 0.717) is 25.0 Å². The van der Waals surface area contributed by atoms with E-state index < -0.39 is 0 Å². The summed E-state index contributed by atoms with van der Waals surface area (Å²) in [6.45, 7) is 5.97. The molecule has 2 atom stereocenters. The first-order valence-corrected chi connectivity index (χ1v) is 8.66. The molecule has 0 bridgehead atoms. The van der Waals surface area contributed by atoms with Crippen molar-refractivity contribution < 1.29 is 9.47 Å². The summed E-state index contributed by atoms with van der Waals surface area (Å²) in [4.78, 5) is 0. The zero-order valence-electron chi connectivity index (χ0n) is 14.1. The molecule has 2 nitrogen and oxygen atoms in total. The summed E-state index contributed by atoms with van der Waals surface area (Å²) in [5.74, 6) is 1.12. The standard InChI is InChI=1S/C21H26O2/c1-3-16(2)14-20(17-8-5-4-6-9-17)18-10-7-11-19(15-18)21-22-12-13-23-21/h4-11,15-16,20-21H,3,12-14H2,1-2H3. The second-order valence-electron chi connectivity index (χ2n) is 6.46. The Morgan fingerprint density at radius 1 is 0.957 bits per heavy atom. The smallest absolute Gasteiger partial charge is 0.184 e. The van der Waals surface area contributed by atoms with Crippen LogP contribution in [0.3, 0.4) is 0 Å². The van der Waals surface area contributed by atoms with Crippen molar-refractivity contribution >= 4 is 0 Å². The van der Waals surface area contributed by atoms with Crippen LogP contribution in [0.15, 0.2) is 54.6 Å². The maximum Gasteiger partial charge on any atom is 0.184 e. The molecule has 0 aromatic heterocycles. The fraction of sp³-hybridized carbons (Fsp3) is 0.429. The topological polar surface area (TPSA) is 18.5 Å². The van der Waals surface area contributed by atoms with Crippen LogP contribution in [0, 0.1) is 5.92 Å². The molecule has 0 amide bonds. The van der Waals surface area contributed by atoms with Crippen molar-refractivity contribution in [2.75, 3.05) is 13.2 Å². The molecule has 0 saturated carbocycles. The van der Waals surface area contributed by atoms with Crippen molar-refractivity contribution in [1.82, 2.24) is 0 Å². The lowest BCUT2D eigenvalue weighted by Crippen LogP contribution is -2.08. The van der Waals surface area contributed by atoms with Gasteiger partial charge in [-0.05, 0) is 23.5 Å². The van der Waals surface area contributed by atoms with Crippen LogP contribution in [0.4, 0.5) is 0 Å². The third kappa shape index (κ3) is 4.01. The van der Waals surface area contributed by atoms with Crippen LogP contribution in [-0.4, -0.2) is 13.2 Å². The van der Waals surface area contributed by atoms with Gasteiger partial charge in [0.15, 0.2) is 6.29 Å². The van der Waals surface area contributed by atoms with Crippen molar-refractivity contribution in [3.8, 4) is 0 Å². The number of ether oxygens (including phenoxy) is 2. The monoisotopic (exact) mass is 310 g/mol. The van der Waals surface area contributed by atoms with Crippen LogP contribution in [0.1, 0.15) is 55.6 Å². The average Bonchev–Trinajstić information content (AvgIpc) is 3.15. The summed E-state index contributed by atoms with van der Waals surface area (Å²) >= 11 is 0. The van der Waals surface area contributed by atoms with E-state index in [1.54, 1.807) is 0 Å². The van der Waals surface area contributed by atoms with E-state index in [1.165, 1.54) is 17.5 Å². The first kappa shape index (κ1) is 16.2. The van der Waals surface area contributed by atoms with Gasteiger partial charge in [0.1, 0.15) is 0 Å². The maximum atomic E-state index is 5.66. The Labute approximate surface area is 139 Å². The lowest BCUT2D eigenvalue weighted by molar-refractivity contribution is -0.0441. The molecule has 1 aliphatic heterocycles. The molecule has 1 heterocycles. The normalized spacial score (nSPS) is 18.0. The van der Waals surface area contributed by atoms with Gasteiger partial charge in [-0.1, -0.05) is 74.9 Å². The Kier molecular flexibility index (Phi) is 5.47. The molecule has 0 aliphatic carbocycles. The maximum absolute atomic E-state index is 5.66. The highest BCUT2D eigenvalue weighted by molar-refractivity contribution is 5.35. The summed E-state index contributed by atoms with van der Waals surface area (Å²) < 4.78 is 11.3. The number of hydrogen-bond acceptors (Lipinski definition) is 2. The van der Waals surface area contributed by atoms with Crippen LogP contribution in [-0.2, 0) is 9.47 Å². The van der Waals surface area contributed by atoms with Crippen molar-refractivity contribution in [2.24, 2.45) is 5.92 Å². The molecular weight excluding hydrogens is 284 g/mol. The second kappa shape index (κ2) is 7.76. The van der Waals surface area contributed by atoms with E-state index in [-0.39, 0.29) is 6.29 Å². The van der Waals surface area contributed by atoms with Crippen molar-refractivity contribution in [1.29, 1.82) is 0 Å². The Morgan fingerprint density at radius 3 is 2.35 bits per heavy atom. The fourth-order valence-electron chi connectivity index (χ4n) is 3.19. The van der Waals surface area contributed by atoms with Crippen LogP contribution in [0.2, 0.25) is 0 Å². The van der Waals surface area contributed by atoms with Crippen LogP contribution < -0.4 is 0 Å². The highest BCUT2D eigenvalue weighted by Crippen LogP contribution is 2.34. The predicted molar refractivity (Wildman–Crippen MR) is 93.4 cm³/mol. The molecule has 1 aliphatic rings. The van der Waals surface area contributed by atoms with Gasteiger partial charge in [-0.25, -0.2) is 0 Å². The summed E-state index contributed by atoms with van der Waals surface area (Å²) in [5.41, 5.74) is 3.87. The molecular formula is C21H26O2. The molecule has 0 spiro atoms. The molecule has 2 unspecified atom stereocenters. The van der Waals surface area contributed by atoms with E-state index in [1.807, 2.05) is 0 Å². The van der Waals surface area contributed by atoms with Gasteiger partial charge in [0, 0.05) is 11.5 Å². The van der Waals surface area contributed by atoms with Crippen LogP contribution >= 0.6 is 0 Å². The van der Waals surface area contributed by atoms with E-state index >= 15 is 0 Å². The number of benzene rings is 2. The van der Waals surface area contributed by atoms with Gasteiger partial charge in [0.25, 0.3) is 0 Å². The van der Waals surface area contributed by atoms with Crippen LogP contribution in [0.25, 0.3) is 0 Å². The summed E-state index contributed by atoms with van der Waals surface area (Å²) in [7, 11) is 0. The van der Waals surface area contributed by atoms with Gasteiger partial charge in [-0.3, -0.25) is 0 Å². The quantitative estimate of drug-likeness (QED) is 0.721. The first-order chi connectivity index (χ1) is 11.3. The fourth-order valence-corrected chi connectivity index (χ4v) is 3.19. The van der Waals surface area contributed by atoms with Crippen molar-refractivity contribution in [2.45, 2.75) is 38.9 Å². The minimum Gasteiger partial charge on any atom is -0.346 e. The van der Waals surface area contributed by atoms with Gasteiger partial charge in [-0.2, -0.15) is 0 Å². The highest BCUT2D eigenvalue weighted by atomic mass is 16.7. The predicted octanol–water partition coefficient (Wildman–Crippen LogP) is 5.30. The Balaban J connectivity index is 1.91. The van der Waals surface area contributed by atoms with E-state index in [2.05, 4.69) is 68.4 Å². The minimum absolute atomic E-state index is 0.199. The molecule has 1 fully saturated rings. The Hall–Kier alpha value is -1.64. The van der Waals surface area contributed by atoms with Crippen molar-refractivity contribution in [3.63, 3.8) is 0 Å². The first-order valence-electron chi connectivity index (χ1n) is 8.66. The van der Waals surface area contributed by atoms with E-state index in [0.717, 1.165) is 12.0 Å². The van der Waals surface area contributed by atoms with Gasteiger partial charge in [0.2, 0.25) is 0 Å². The van der Waals surface area contributed by atoms with Crippen LogP contribution in [0.5, 0.6) is 0 Å². The lowest BCUT2D eigenvalue weighted by atomic mass is 9.83. The molecule has 1 saturated heterocycles. The molecule has 122 valence electrons.